The van der Waals surface area contributed by atoms with Crippen LogP contribution in [0.25, 0.3) is 10.9 Å². The second-order valence-corrected chi connectivity index (χ2v) is 10.2. The van der Waals surface area contributed by atoms with E-state index in [-0.39, 0.29) is 18.4 Å². The number of carbonyl (C=O) groups is 2. The smallest absolute Gasteiger partial charge is 0.338 e. The highest BCUT2D eigenvalue weighted by Crippen LogP contribution is 2.42. The molecule has 1 atom stereocenters. The molecular formula is C28H28FN3O5. The maximum absolute atomic E-state index is 14.5. The molecule has 1 aliphatic rings. The van der Waals surface area contributed by atoms with E-state index >= 15 is 0 Å². The first-order chi connectivity index (χ1) is 17.3. The maximum Gasteiger partial charge on any atom is 0.338 e. The Morgan fingerprint density at radius 1 is 1.30 bits per heavy atom. The number of terminal acetylenes is 1. The number of aromatic nitrogens is 2. The van der Waals surface area contributed by atoms with Crippen LogP contribution in [0.2, 0.25) is 0 Å². The Morgan fingerprint density at radius 3 is 2.59 bits per heavy atom. The molecule has 0 saturated carbocycles. The first kappa shape index (κ1) is 25.9. The second-order valence-electron chi connectivity index (χ2n) is 10.2. The summed E-state index contributed by atoms with van der Waals surface area (Å²) in [6, 6.07) is 5.50. The third-order valence-corrected chi connectivity index (χ3v) is 6.63. The molecule has 4 rings (SSSR count). The zero-order valence-corrected chi connectivity index (χ0v) is 21.4. The Labute approximate surface area is 213 Å². The number of hydrogen-bond acceptors (Lipinski definition) is 6. The molecule has 192 valence electrons. The largest absolute Gasteiger partial charge is 0.478 e. The van der Waals surface area contributed by atoms with Crippen LogP contribution < -0.4 is 15.3 Å². The van der Waals surface area contributed by atoms with Crippen LogP contribution >= 0.6 is 0 Å². The van der Waals surface area contributed by atoms with Crippen molar-refractivity contribution >= 4 is 28.5 Å². The Hall–Kier alpha value is -4.19. The van der Waals surface area contributed by atoms with E-state index in [1.54, 1.807) is 27.7 Å². The van der Waals surface area contributed by atoms with Gasteiger partial charge in [0.15, 0.2) is 0 Å². The van der Waals surface area contributed by atoms with E-state index in [0.717, 1.165) is 15.9 Å². The first-order valence-electron chi connectivity index (χ1n) is 11.9. The highest BCUT2D eigenvalue weighted by Gasteiger charge is 2.33. The Morgan fingerprint density at radius 2 is 2.00 bits per heavy atom. The molecular weight excluding hydrogens is 477 g/mol. The zero-order valence-electron chi connectivity index (χ0n) is 21.4. The molecule has 0 amide bonds. The van der Waals surface area contributed by atoms with Gasteiger partial charge in [-0.25, -0.2) is 19.0 Å². The van der Waals surface area contributed by atoms with Crippen LogP contribution in [0, 0.1) is 37.4 Å². The normalized spacial score (nSPS) is 14.8. The summed E-state index contributed by atoms with van der Waals surface area (Å²) in [5.41, 5.74) is 1.76. The number of carboxylic acids is 1. The van der Waals surface area contributed by atoms with E-state index in [0.29, 0.717) is 35.0 Å². The van der Waals surface area contributed by atoms with Crippen molar-refractivity contribution in [1.29, 1.82) is 0 Å². The quantitative estimate of drug-likeness (QED) is 0.524. The summed E-state index contributed by atoms with van der Waals surface area (Å²) in [7, 11) is 0. The molecule has 2 aromatic carbocycles. The fraction of sp³-hybridized carbons (Fsp3) is 0.357. The molecule has 0 fully saturated rings. The van der Waals surface area contributed by atoms with Crippen molar-refractivity contribution in [3.05, 3.63) is 68.5 Å². The number of benzene rings is 2. The van der Waals surface area contributed by atoms with Crippen LogP contribution in [-0.2, 0) is 11.2 Å². The van der Waals surface area contributed by atoms with Crippen LogP contribution in [0.4, 0.5) is 10.1 Å². The number of rotatable bonds is 5. The summed E-state index contributed by atoms with van der Waals surface area (Å²) in [5, 5.41) is 9.51. The summed E-state index contributed by atoms with van der Waals surface area (Å²) < 4.78 is 15.5. The highest BCUT2D eigenvalue weighted by molar-refractivity contribution is 5.88. The number of carboxylic acid groups (broad SMARTS) is 1. The molecule has 0 radical (unpaired) electrons. The summed E-state index contributed by atoms with van der Waals surface area (Å²) in [5.74, 6) is 0.0799. The molecule has 1 N–H and O–H groups in total. The van der Waals surface area contributed by atoms with Gasteiger partial charge in [-0.1, -0.05) is 5.92 Å². The lowest BCUT2D eigenvalue weighted by molar-refractivity contribution is -0.154. The Balaban J connectivity index is 1.86. The lowest BCUT2D eigenvalue weighted by atomic mass is 9.96. The minimum atomic E-state index is -1.35. The van der Waals surface area contributed by atoms with Crippen LogP contribution in [-0.4, -0.2) is 33.3 Å². The predicted molar refractivity (Wildman–Crippen MR) is 137 cm³/mol. The summed E-state index contributed by atoms with van der Waals surface area (Å²) in [6.07, 6.45) is 7.00. The summed E-state index contributed by atoms with van der Waals surface area (Å²) in [4.78, 5) is 49.1. The van der Waals surface area contributed by atoms with Crippen molar-refractivity contribution in [3.63, 3.8) is 0 Å². The molecule has 8 nitrogen and oxygen atoms in total. The molecule has 0 spiro atoms. The molecule has 9 heteroatoms. The maximum atomic E-state index is 14.5. The van der Waals surface area contributed by atoms with Gasteiger partial charge in [0.25, 0.3) is 5.56 Å². The minimum Gasteiger partial charge on any atom is -0.478 e. The van der Waals surface area contributed by atoms with Crippen LogP contribution in [0.1, 0.15) is 66.1 Å². The van der Waals surface area contributed by atoms with E-state index in [9.17, 15) is 23.9 Å². The third kappa shape index (κ3) is 4.55. The van der Waals surface area contributed by atoms with Crippen LogP contribution in [0.15, 0.2) is 29.1 Å². The van der Waals surface area contributed by atoms with E-state index in [1.165, 1.54) is 18.2 Å². The number of fused-ring (bicyclic) bond motifs is 2. The standard InChI is InChI=1S/C28H28FN3O5/c1-7-12-31(18-9-10-19(26(34)35)20(29)14-18)22-11-8-17-13-21-24(15(2)23(17)22)25(33)32(16(3)30-21)37-27(36)28(4,5)6/h1,9-10,13-14,22H,8,11-12H2,2-6H3,(H,34,35). The molecule has 3 aromatic rings. The number of aromatic carboxylic acids is 1. The van der Waals surface area contributed by atoms with Gasteiger partial charge in [0.1, 0.15) is 11.6 Å². The summed E-state index contributed by atoms with van der Waals surface area (Å²) in [6.45, 7) is 8.64. The van der Waals surface area contributed by atoms with Crippen molar-refractivity contribution in [3.8, 4) is 12.3 Å². The summed E-state index contributed by atoms with van der Waals surface area (Å²) >= 11 is 0. The van der Waals surface area contributed by atoms with Gasteiger partial charge in [-0.2, -0.15) is 0 Å². The molecule has 1 aliphatic carbocycles. The SMILES string of the molecule is C#CCN(c1ccc(C(=O)O)c(F)c1)C1CCc2cc3nc(C)n(OC(=O)C(C)(C)C)c(=O)c3c(C)c21. The first-order valence-corrected chi connectivity index (χ1v) is 11.9. The number of carbonyl (C=O) groups excluding carboxylic acids is 1. The number of nitrogens with zero attached hydrogens (tertiary/aromatic N) is 3. The molecule has 37 heavy (non-hydrogen) atoms. The molecule has 1 heterocycles. The molecule has 0 bridgehead atoms. The molecule has 1 unspecified atom stereocenters. The van der Waals surface area contributed by atoms with Crippen molar-refractivity contribution in [2.75, 3.05) is 11.4 Å². The molecule has 1 aromatic heterocycles. The van der Waals surface area contributed by atoms with Crippen LogP contribution in [0.5, 0.6) is 0 Å². The van der Waals surface area contributed by atoms with Gasteiger partial charge >= 0.3 is 11.9 Å². The van der Waals surface area contributed by atoms with Crippen molar-refractivity contribution in [2.45, 2.75) is 53.5 Å². The Kier molecular flexibility index (Phi) is 6.55. The number of aryl methyl sites for hydroxylation is 3. The van der Waals surface area contributed by atoms with Gasteiger partial charge in [0.05, 0.1) is 34.5 Å². The van der Waals surface area contributed by atoms with E-state index in [4.69, 9.17) is 11.3 Å². The topological polar surface area (TPSA) is 102 Å². The number of halogens is 1. The van der Waals surface area contributed by atoms with Crippen LogP contribution in [0.3, 0.4) is 0 Å². The van der Waals surface area contributed by atoms with Crippen molar-refractivity contribution < 1.29 is 23.9 Å². The highest BCUT2D eigenvalue weighted by atomic mass is 19.1. The van der Waals surface area contributed by atoms with Gasteiger partial charge in [0.2, 0.25) is 0 Å². The second kappa shape index (κ2) is 9.36. The average molecular weight is 506 g/mol. The van der Waals surface area contributed by atoms with E-state index in [1.807, 2.05) is 17.9 Å². The lowest BCUT2D eigenvalue weighted by Crippen LogP contribution is -2.39. The van der Waals surface area contributed by atoms with E-state index in [2.05, 4.69) is 10.9 Å². The molecule has 0 saturated heterocycles. The van der Waals surface area contributed by atoms with Gasteiger partial charge in [0, 0.05) is 5.69 Å². The number of anilines is 1. The van der Waals surface area contributed by atoms with E-state index < -0.39 is 34.3 Å². The average Bonchev–Trinajstić information content (AvgIpc) is 3.22. The van der Waals surface area contributed by atoms with Gasteiger partial charge in [-0.3, -0.25) is 4.79 Å². The fourth-order valence-corrected chi connectivity index (χ4v) is 4.79. The van der Waals surface area contributed by atoms with Crippen molar-refractivity contribution in [1.82, 2.24) is 9.71 Å². The number of hydrogen-bond donors (Lipinski definition) is 1. The van der Waals surface area contributed by atoms with Gasteiger partial charge < -0.3 is 14.8 Å². The molecule has 0 aliphatic heterocycles. The monoisotopic (exact) mass is 505 g/mol. The third-order valence-electron chi connectivity index (χ3n) is 6.63. The fourth-order valence-electron chi connectivity index (χ4n) is 4.79. The van der Waals surface area contributed by atoms with Gasteiger partial charge in [-0.05, 0) is 88.4 Å². The minimum absolute atomic E-state index is 0.146. The van der Waals surface area contributed by atoms with Crippen molar-refractivity contribution in [2.24, 2.45) is 5.41 Å². The zero-order chi connectivity index (χ0) is 27.2. The van der Waals surface area contributed by atoms with Gasteiger partial charge in [-0.15, -0.1) is 11.2 Å². The lowest BCUT2D eigenvalue weighted by Gasteiger charge is -2.31. The Bertz CT molecular complexity index is 1540. The predicted octanol–water partition coefficient (Wildman–Crippen LogP) is 3.98.